The number of ether oxygens (including phenoxy) is 1. The summed E-state index contributed by atoms with van der Waals surface area (Å²) in [6.45, 7) is 2.40. The van der Waals surface area contributed by atoms with Gasteiger partial charge in [0.2, 0.25) is 0 Å². The van der Waals surface area contributed by atoms with Crippen LogP contribution in [0.15, 0.2) is 83.5 Å². The van der Waals surface area contributed by atoms with Gasteiger partial charge in [-0.05, 0) is 36.2 Å². The van der Waals surface area contributed by atoms with Crippen LogP contribution in [0, 0.1) is 0 Å². The number of nitrogens with zero attached hydrogens (tertiary/aromatic N) is 2. The molecule has 3 aromatic carbocycles. The molecular weight excluding hydrogens is 542 g/mol. The molecule has 1 aliphatic rings. The number of hydrogen-bond acceptors (Lipinski definition) is 9. The Kier molecular flexibility index (Phi) is 8.21. The highest BCUT2D eigenvalue weighted by Gasteiger charge is 2.33. The van der Waals surface area contributed by atoms with Crippen molar-refractivity contribution < 1.29 is 29.4 Å². The van der Waals surface area contributed by atoms with Crippen molar-refractivity contribution in [1.82, 2.24) is 4.98 Å². The molecule has 0 aliphatic heterocycles. The molecule has 0 unspecified atom stereocenters. The van der Waals surface area contributed by atoms with Crippen molar-refractivity contribution in [1.29, 1.82) is 0 Å². The van der Waals surface area contributed by atoms with Gasteiger partial charge in [0.05, 0.1) is 23.2 Å². The van der Waals surface area contributed by atoms with Gasteiger partial charge in [-0.15, -0.1) is 0 Å². The Morgan fingerprint density at radius 3 is 2.61 bits per heavy atom. The van der Waals surface area contributed by atoms with Gasteiger partial charge in [-0.1, -0.05) is 71.1 Å². The summed E-state index contributed by atoms with van der Waals surface area (Å²) >= 11 is 1.22. The minimum Gasteiger partial charge on any atom is -0.507 e. The van der Waals surface area contributed by atoms with Gasteiger partial charge in [-0.2, -0.15) is 0 Å². The maximum Gasteiger partial charge on any atom is 0.275 e. The third kappa shape index (κ3) is 6.02. The van der Waals surface area contributed by atoms with Crippen LogP contribution >= 0.6 is 11.3 Å². The third-order valence-electron chi connectivity index (χ3n) is 6.80. The van der Waals surface area contributed by atoms with E-state index >= 15 is 0 Å². The van der Waals surface area contributed by atoms with E-state index in [1.54, 1.807) is 60.7 Å². The first kappa shape index (κ1) is 27.7. The van der Waals surface area contributed by atoms with E-state index in [4.69, 9.17) is 4.74 Å². The van der Waals surface area contributed by atoms with E-state index in [1.807, 2.05) is 19.1 Å². The second-order valence-corrected chi connectivity index (χ2v) is 10.5. The lowest BCUT2D eigenvalue weighted by Gasteiger charge is -2.25. The van der Waals surface area contributed by atoms with Crippen LogP contribution in [0.2, 0.25) is 0 Å². The molecule has 3 N–H and O–H groups in total. The summed E-state index contributed by atoms with van der Waals surface area (Å²) in [6.07, 6.45) is -0.568. The number of aliphatic hydroxyl groups excluding tert-OH is 1. The summed E-state index contributed by atoms with van der Waals surface area (Å²) in [7, 11) is 0. The molecule has 1 aliphatic carbocycles. The SMILES string of the molecule is CCOc1ccc2nc(NC(=O)/C(CC(=O)C[C@@H](C3=C(O)c4ccccc4CC3=O)c3ccccc3)=N/O)sc2c1. The van der Waals surface area contributed by atoms with Gasteiger partial charge < -0.3 is 15.1 Å². The normalized spacial score (nSPS) is 14.1. The van der Waals surface area contributed by atoms with Gasteiger partial charge in [-0.25, -0.2) is 4.98 Å². The first-order valence-electron chi connectivity index (χ1n) is 13.0. The average Bonchev–Trinajstić information content (AvgIpc) is 3.37. The molecule has 0 bridgehead atoms. The largest absolute Gasteiger partial charge is 0.507 e. The number of carbonyl (C=O) groups excluding carboxylic acids is 3. The van der Waals surface area contributed by atoms with Crippen LogP contribution in [0.3, 0.4) is 0 Å². The molecule has 4 aromatic rings. The Balaban J connectivity index is 1.35. The van der Waals surface area contributed by atoms with Crippen LogP contribution < -0.4 is 10.1 Å². The Hall–Kier alpha value is -4.83. The lowest BCUT2D eigenvalue weighted by atomic mass is 9.78. The lowest BCUT2D eigenvalue weighted by Crippen LogP contribution is -2.27. The van der Waals surface area contributed by atoms with Crippen molar-refractivity contribution in [3.05, 3.63) is 95.1 Å². The molecule has 10 heteroatoms. The number of oxime groups is 1. The number of Topliss-reactive ketones (excluding diaryl/α,β-unsaturated/α-hetero) is 2. The summed E-state index contributed by atoms with van der Waals surface area (Å²) < 4.78 is 6.30. The zero-order chi connectivity index (χ0) is 28.9. The Labute approximate surface area is 239 Å². The van der Waals surface area contributed by atoms with Crippen molar-refractivity contribution >= 4 is 55.6 Å². The highest BCUT2D eigenvalue weighted by molar-refractivity contribution is 7.22. The number of carbonyl (C=O) groups is 3. The smallest absolute Gasteiger partial charge is 0.275 e. The zero-order valence-corrected chi connectivity index (χ0v) is 23.0. The van der Waals surface area contributed by atoms with Crippen molar-refractivity contribution in [2.75, 3.05) is 11.9 Å². The Bertz CT molecular complexity index is 1690. The van der Waals surface area contributed by atoms with Crippen molar-refractivity contribution in [2.45, 2.75) is 32.1 Å². The number of amides is 1. The van der Waals surface area contributed by atoms with Gasteiger partial charge in [0.15, 0.2) is 16.6 Å². The first-order chi connectivity index (χ1) is 19.9. The molecular formula is C31H27N3O6S. The lowest BCUT2D eigenvalue weighted by molar-refractivity contribution is -0.119. The fraction of sp³-hybridized carbons (Fsp3) is 0.194. The van der Waals surface area contributed by atoms with Gasteiger partial charge >= 0.3 is 0 Å². The molecule has 1 aromatic heterocycles. The summed E-state index contributed by atoms with van der Waals surface area (Å²) in [4.78, 5) is 43.8. The number of fused-ring (bicyclic) bond motifs is 2. The van der Waals surface area contributed by atoms with Gasteiger partial charge in [0.25, 0.3) is 5.91 Å². The molecule has 0 saturated heterocycles. The molecule has 0 saturated carbocycles. The molecule has 41 heavy (non-hydrogen) atoms. The molecule has 9 nitrogen and oxygen atoms in total. The fourth-order valence-electron chi connectivity index (χ4n) is 4.91. The molecule has 1 amide bonds. The van der Waals surface area contributed by atoms with Crippen molar-refractivity contribution in [2.24, 2.45) is 5.16 Å². The number of allylic oxidation sites excluding steroid dienone is 1. The van der Waals surface area contributed by atoms with Gasteiger partial charge in [0.1, 0.15) is 17.3 Å². The number of hydrogen-bond donors (Lipinski definition) is 3. The number of aliphatic hydroxyl groups is 1. The standard InChI is InChI=1S/C31H27N3O6S/c1-2-40-21-12-13-24-27(17-21)41-31(32-24)33-30(38)25(34-39)16-20(35)15-23(18-8-4-3-5-9-18)28-26(36)14-19-10-6-7-11-22(19)29(28)37/h3-13,17,23,37,39H,2,14-16H2,1H3,(H,32,33,38)/b34-25+/t23-/m1/s1. The third-order valence-corrected chi connectivity index (χ3v) is 7.73. The minimum atomic E-state index is -0.772. The molecule has 1 atom stereocenters. The number of thiazole rings is 1. The van der Waals surface area contributed by atoms with Gasteiger partial charge in [-0.3, -0.25) is 19.7 Å². The molecule has 0 radical (unpaired) electrons. The van der Waals surface area contributed by atoms with Gasteiger partial charge in [0, 0.05) is 29.9 Å². The highest BCUT2D eigenvalue weighted by Crippen LogP contribution is 2.38. The van der Waals surface area contributed by atoms with E-state index in [0.29, 0.717) is 34.6 Å². The number of rotatable bonds is 10. The first-order valence-corrected chi connectivity index (χ1v) is 13.9. The van der Waals surface area contributed by atoms with Crippen LogP contribution in [-0.4, -0.2) is 45.1 Å². The number of ketones is 2. The van der Waals surface area contributed by atoms with E-state index in [1.165, 1.54) is 11.3 Å². The monoisotopic (exact) mass is 569 g/mol. The maximum atomic E-state index is 13.3. The number of anilines is 1. The Morgan fingerprint density at radius 1 is 1.10 bits per heavy atom. The summed E-state index contributed by atoms with van der Waals surface area (Å²) in [5.41, 5.74) is 2.35. The van der Waals surface area contributed by atoms with E-state index in [0.717, 1.165) is 4.70 Å². The summed E-state index contributed by atoms with van der Waals surface area (Å²) in [5, 5.41) is 26.7. The summed E-state index contributed by atoms with van der Waals surface area (Å²) in [6, 6.07) is 21.4. The quantitative estimate of drug-likeness (QED) is 0.127. The van der Waals surface area contributed by atoms with E-state index in [-0.39, 0.29) is 35.1 Å². The van der Waals surface area contributed by atoms with Crippen molar-refractivity contribution in [3.63, 3.8) is 0 Å². The zero-order valence-electron chi connectivity index (χ0n) is 22.2. The van der Waals surface area contributed by atoms with Crippen LogP contribution in [0.5, 0.6) is 5.75 Å². The second kappa shape index (κ2) is 12.1. The number of nitrogens with one attached hydrogen (secondary N) is 1. The average molecular weight is 570 g/mol. The molecule has 1 heterocycles. The maximum absolute atomic E-state index is 13.3. The van der Waals surface area contributed by atoms with Crippen LogP contribution in [-0.2, 0) is 20.8 Å². The molecule has 0 spiro atoms. The topological polar surface area (TPSA) is 138 Å². The molecule has 5 rings (SSSR count). The highest BCUT2D eigenvalue weighted by atomic mass is 32.1. The predicted molar refractivity (Wildman–Crippen MR) is 157 cm³/mol. The predicted octanol–water partition coefficient (Wildman–Crippen LogP) is 5.69. The Morgan fingerprint density at radius 2 is 1.85 bits per heavy atom. The molecule has 208 valence electrons. The van der Waals surface area contributed by atoms with E-state index < -0.39 is 29.7 Å². The fourth-order valence-corrected chi connectivity index (χ4v) is 5.80. The van der Waals surface area contributed by atoms with Crippen LogP contribution in [0.25, 0.3) is 16.0 Å². The minimum absolute atomic E-state index is 0.104. The van der Waals surface area contributed by atoms with Crippen LogP contribution in [0.1, 0.15) is 42.4 Å². The van der Waals surface area contributed by atoms with E-state index in [2.05, 4.69) is 15.5 Å². The van der Waals surface area contributed by atoms with Crippen molar-refractivity contribution in [3.8, 4) is 5.75 Å². The van der Waals surface area contributed by atoms with Crippen LogP contribution in [0.4, 0.5) is 5.13 Å². The van der Waals surface area contributed by atoms with E-state index in [9.17, 15) is 24.7 Å². The molecule has 0 fully saturated rings. The number of aromatic nitrogens is 1. The second-order valence-electron chi connectivity index (χ2n) is 9.48. The summed E-state index contributed by atoms with van der Waals surface area (Å²) in [5.74, 6) is -1.73. The number of benzene rings is 3.